The van der Waals surface area contributed by atoms with Gasteiger partial charge in [-0.1, -0.05) is 18.2 Å². The Bertz CT molecular complexity index is 1250. The van der Waals surface area contributed by atoms with E-state index in [0.29, 0.717) is 26.2 Å². The van der Waals surface area contributed by atoms with Gasteiger partial charge in [0.05, 0.1) is 9.86 Å². The third-order valence-corrected chi connectivity index (χ3v) is 6.50. The Morgan fingerprint density at radius 3 is 2.74 bits per heavy atom. The van der Waals surface area contributed by atoms with Crippen molar-refractivity contribution in [3.05, 3.63) is 61.1 Å². The molecular formula is C19H16BrN3O3S. The minimum atomic E-state index is -0.698. The van der Waals surface area contributed by atoms with E-state index in [4.69, 9.17) is 4.74 Å². The SMILES string of the molecule is Cc1sc2nc([C@H](C)OC(=O)c3[nH]c4ccccc4c3Br)[nH]c(=O)c2c1C. The molecule has 1 aromatic carbocycles. The predicted molar refractivity (Wildman–Crippen MR) is 110 cm³/mol. The molecule has 0 spiro atoms. The Kier molecular flexibility index (Phi) is 4.39. The van der Waals surface area contributed by atoms with Gasteiger partial charge in [0.2, 0.25) is 0 Å². The van der Waals surface area contributed by atoms with E-state index >= 15 is 0 Å². The largest absolute Gasteiger partial charge is 0.450 e. The van der Waals surface area contributed by atoms with Crippen LogP contribution in [-0.4, -0.2) is 20.9 Å². The highest BCUT2D eigenvalue weighted by Crippen LogP contribution is 2.30. The number of carbonyl (C=O) groups is 1. The number of halogens is 1. The standard InChI is InChI=1S/C19H16BrN3O3S/c1-8-10(3)27-18-13(8)17(24)22-16(23-18)9(2)26-19(25)15-14(20)11-6-4-5-7-12(11)21-15/h4-7,9,21H,1-3H3,(H,22,23,24)/t9-/m0/s1. The van der Waals surface area contributed by atoms with Gasteiger partial charge in [-0.3, -0.25) is 4.79 Å². The summed E-state index contributed by atoms with van der Waals surface area (Å²) in [5.74, 6) is -0.193. The summed E-state index contributed by atoms with van der Waals surface area (Å²) in [6.45, 7) is 5.55. The molecule has 138 valence electrons. The van der Waals surface area contributed by atoms with Gasteiger partial charge in [0.15, 0.2) is 11.9 Å². The molecule has 0 aliphatic rings. The zero-order valence-corrected chi connectivity index (χ0v) is 17.2. The summed E-state index contributed by atoms with van der Waals surface area (Å²) in [6, 6.07) is 7.57. The number of benzene rings is 1. The molecule has 3 aromatic heterocycles. The fraction of sp³-hybridized carbons (Fsp3) is 0.211. The van der Waals surface area contributed by atoms with Crippen LogP contribution in [0.25, 0.3) is 21.1 Å². The quantitative estimate of drug-likeness (QED) is 0.444. The maximum Gasteiger partial charge on any atom is 0.356 e. The molecule has 0 radical (unpaired) electrons. The predicted octanol–water partition coefficient (Wildman–Crippen LogP) is 4.76. The van der Waals surface area contributed by atoms with Gasteiger partial charge in [-0.25, -0.2) is 9.78 Å². The van der Waals surface area contributed by atoms with Crippen LogP contribution in [0.3, 0.4) is 0 Å². The zero-order valence-electron chi connectivity index (χ0n) is 14.8. The fourth-order valence-electron chi connectivity index (χ4n) is 2.99. The second-order valence-corrected chi connectivity index (χ2v) is 8.32. The number of carbonyl (C=O) groups excluding carboxylic acids is 1. The van der Waals surface area contributed by atoms with Crippen LogP contribution in [0.4, 0.5) is 0 Å². The first-order chi connectivity index (χ1) is 12.9. The van der Waals surface area contributed by atoms with Crippen molar-refractivity contribution >= 4 is 54.4 Å². The Labute approximate surface area is 166 Å². The number of aromatic nitrogens is 3. The lowest BCUT2D eigenvalue weighted by atomic mass is 10.2. The van der Waals surface area contributed by atoms with Crippen LogP contribution in [0, 0.1) is 13.8 Å². The van der Waals surface area contributed by atoms with E-state index in [0.717, 1.165) is 21.3 Å². The number of para-hydroxylation sites is 1. The Balaban J connectivity index is 1.66. The minimum absolute atomic E-state index is 0.216. The summed E-state index contributed by atoms with van der Waals surface area (Å²) < 4.78 is 6.20. The van der Waals surface area contributed by atoms with Crippen LogP contribution < -0.4 is 5.56 Å². The third-order valence-electron chi connectivity index (χ3n) is 4.57. The van der Waals surface area contributed by atoms with E-state index in [9.17, 15) is 9.59 Å². The maximum absolute atomic E-state index is 12.6. The van der Waals surface area contributed by atoms with Crippen LogP contribution in [0.5, 0.6) is 0 Å². The highest BCUT2D eigenvalue weighted by Gasteiger charge is 2.22. The van der Waals surface area contributed by atoms with E-state index in [2.05, 4.69) is 30.9 Å². The molecule has 0 fully saturated rings. The topological polar surface area (TPSA) is 87.8 Å². The molecule has 2 N–H and O–H groups in total. The van der Waals surface area contributed by atoms with Gasteiger partial charge in [-0.2, -0.15) is 0 Å². The number of aryl methyl sites for hydroxylation is 2. The molecule has 0 saturated heterocycles. The van der Waals surface area contributed by atoms with E-state index < -0.39 is 12.1 Å². The van der Waals surface area contributed by atoms with E-state index in [1.807, 2.05) is 38.1 Å². The smallest absolute Gasteiger partial charge is 0.356 e. The lowest BCUT2D eigenvalue weighted by Gasteiger charge is -2.12. The van der Waals surface area contributed by atoms with Crippen LogP contribution in [-0.2, 0) is 4.74 Å². The van der Waals surface area contributed by atoms with Gasteiger partial charge < -0.3 is 14.7 Å². The van der Waals surface area contributed by atoms with Crippen LogP contribution >= 0.6 is 27.3 Å². The highest BCUT2D eigenvalue weighted by molar-refractivity contribution is 9.10. The molecule has 0 unspecified atom stereocenters. The average Bonchev–Trinajstić information content (AvgIpc) is 3.12. The van der Waals surface area contributed by atoms with Crippen LogP contribution in [0.2, 0.25) is 0 Å². The second-order valence-electron chi connectivity index (χ2n) is 6.32. The summed E-state index contributed by atoms with van der Waals surface area (Å²) in [6.07, 6.45) is -0.698. The zero-order chi connectivity index (χ0) is 19.3. The summed E-state index contributed by atoms with van der Waals surface area (Å²) in [5.41, 5.74) is 1.88. The van der Waals surface area contributed by atoms with Gasteiger partial charge in [0.25, 0.3) is 5.56 Å². The van der Waals surface area contributed by atoms with Crippen molar-refractivity contribution in [3.8, 4) is 0 Å². The fourth-order valence-corrected chi connectivity index (χ4v) is 4.63. The summed E-state index contributed by atoms with van der Waals surface area (Å²) in [4.78, 5) is 37.0. The van der Waals surface area contributed by atoms with Crippen molar-refractivity contribution in [1.29, 1.82) is 0 Å². The van der Waals surface area contributed by atoms with Crippen molar-refractivity contribution < 1.29 is 9.53 Å². The minimum Gasteiger partial charge on any atom is -0.450 e. The van der Waals surface area contributed by atoms with Gasteiger partial charge >= 0.3 is 5.97 Å². The Morgan fingerprint density at radius 1 is 1.26 bits per heavy atom. The number of rotatable bonds is 3. The third kappa shape index (κ3) is 2.98. The number of hydrogen-bond acceptors (Lipinski definition) is 5. The molecule has 1 atom stereocenters. The van der Waals surface area contributed by atoms with Gasteiger partial charge in [0, 0.05) is 15.8 Å². The highest BCUT2D eigenvalue weighted by atomic mass is 79.9. The van der Waals surface area contributed by atoms with Crippen molar-refractivity contribution in [2.45, 2.75) is 26.9 Å². The first kappa shape index (κ1) is 17.9. The van der Waals surface area contributed by atoms with Gasteiger partial charge in [0.1, 0.15) is 10.5 Å². The number of nitrogens with zero attached hydrogens (tertiary/aromatic N) is 1. The molecule has 0 aliphatic carbocycles. The molecule has 0 bridgehead atoms. The number of hydrogen-bond donors (Lipinski definition) is 2. The summed E-state index contributed by atoms with van der Waals surface area (Å²) in [7, 11) is 0. The first-order valence-corrected chi connectivity index (χ1v) is 9.95. The average molecular weight is 446 g/mol. The van der Waals surface area contributed by atoms with E-state index in [-0.39, 0.29) is 5.56 Å². The number of fused-ring (bicyclic) bond motifs is 2. The number of thiophene rings is 1. The van der Waals surface area contributed by atoms with E-state index in [1.165, 1.54) is 11.3 Å². The molecular weight excluding hydrogens is 430 g/mol. The van der Waals surface area contributed by atoms with Crippen molar-refractivity contribution in [1.82, 2.24) is 15.0 Å². The van der Waals surface area contributed by atoms with Gasteiger partial charge in [-0.15, -0.1) is 11.3 Å². The van der Waals surface area contributed by atoms with Crippen molar-refractivity contribution in [2.75, 3.05) is 0 Å². The molecule has 0 saturated carbocycles. The van der Waals surface area contributed by atoms with Gasteiger partial charge in [-0.05, 0) is 48.3 Å². The monoisotopic (exact) mass is 445 g/mol. The number of aromatic amines is 2. The molecule has 27 heavy (non-hydrogen) atoms. The van der Waals surface area contributed by atoms with Crippen LogP contribution in [0.1, 0.15) is 39.8 Å². The van der Waals surface area contributed by atoms with E-state index in [1.54, 1.807) is 6.92 Å². The number of H-pyrrole nitrogens is 2. The number of esters is 1. The molecule has 0 aliphatic heterocycles. The number of ether oxygens (including phenoxy) is 1. The summed E-state index contributed by atoms with van der Waals surface area (Å²) >= 11 is 4.91. The lowest BCUT2D eigenvalue weighted by molar-refractivity contribution is 0.0313. The normalized spacial score (nSPS) is 12.6. The molecule has 6 nitrogen and oxygen atoms in total. The second kappa shape index (κ2) is 6.61. The van der Waals surface area contributed by atoms with Crippen molar-refractivity contribution in [2.24, 2.45) is 0 Å². The Hall–Kier alpha value is -2.45. The van der Waals surface area contributed by atoms with Crippen molar-refractivity contribution in [3.63, 3.8) is 0 Å². The first-order valence-electron chi connectivity index (χ1n) is 8.34. The molecule has 8 heteroatoms. The lowest BCUT2D eigenvalue weighted by Crippen LogP contribution is -2.17. The summed E-state index contributed by atoms with van der Waals surface area (Å²) in [5, 5.41) is 1.49. The Morgan fingerprint density at radius 2 is 2.00 bits per heavy atom. The molecule has 4 rings (SSSR count). The molecule has 3 heterocycles. The molecule has 0 amide bonds. The molecule has 4 aromatic rings. The van der Waals surface area contributed by atoms with Crippen LogP contribution in [0.15, 0.2) is 33.5 Å². The number of nitrogens with one attached hydrogen (secondary N) is 2. The maximum atomic E-state index is 12.6.